The number of hydrogen-bond acceptors (Lipinski definition) is 8. The van der Waals surface area contributed by atoms with Crippen molar-refractivity contribution >= 4 is 11.6 Å². The monoisotopic (exact) mass is 342 g/mol. The molecule has 1 fully saturated rings. The van der Waals surface area contributed by atoms with Crippen LogP contribution in [0, 0.1) is 10.1 Å². The molecule has 0 radical (unpaired) electrons. The van der Waals surface area contributed by atoms with E-state index in [-0.39, 0.29) is 17.7 Å². The van der Waals surface area contributed by atoms with Crippen molar-refractivity contribution in [3.8, 4) is 0 Å². The Morgan fingerprint density at radius 3 is 2.54 bits per heavy atom. The van der Waals surface area contributed by atoms with Gasteiger partial charge in [-0.2, -0.15) is 0 Å². The number of benzene rings is 1. The zero-order valence-electron chi connectivity index (χ0n) is 12.5. The van der Waals surface area contributed by atoms with Crippen molar-refractivity contribution in [2.75, 3.05) is 6.61 Å². The minimum atomic E-state index is -1.28. The topological polar surface area (TPSA) is 165 Å². The van der Waals surface area contributed by atoms with E-state index >= 15 is 0 Å². The molecule has 0 saturated carbocycles. The molecule has 5 N–H and O–H groups in total. The summed E-state index contributed by atoms with van der Waals surface area (Å²) in [6, 6.07) is 5.05. The average Bonchev–Trinajstić information content (AvgIpc) is 2.55. The highest BCUT2D eigenvalue weighted by Gasteiger charge is 2.38. The van der Waals surface area contributed by atoms with Gasteiger partial charge in [0.2, 0.25) is 0 Å². The van der Waals surface area contributed by atoms with Gasteiger partial charge >= 0.3 is 0 Å². The standard InChI is InChI=1S/C14H18N2O8/c15-14(20)13(7-1-3-8(4-2-7)16(21)22)24-11-5-9(18)12(19)10(6-17)23-11/h1-4,9-13,17-19H,5-6H2,(H2,15,20)/t9-,10-,11+,12+,13?/m1/s1. The van der Waals surface area contributed by atoms with Crippen LogP contribution in [0.1, 0.15) is 18.1 Å². The molecule has 10 heteroatoms. The maximum Gasteiger partial charge on any atom is 0.269 e. The van der Waals surface area contributed by atoms with Gasteiger partial charge in [0.1, 0.15) is 12.2 Å². The highest BCUT2D eigenvalue weighted by molar-refractivity contribution is 5.80. The van der Waals surface area contributed by atoms with E-state index in [9.17, 15) is 25.1 Å². The predicted octanol–water partition coefficient (Wildman–Crippen LogP) is -1.03. The fourth-order valence-electron chi connectivity index (χ4n) is 2.39. The first-order valence-electron chi connectivity index (χ1n) is 7.15. The Balaban J connectivity index is 2.14. The van der Waals surface area contributed by atoms with Crippen LogP contribution in [0.25, 0.3) is 0 Å². The maximum atomic E-state index is 11.6. The van der Waals surface area contributed by atoms with Gasteiger partial charge in [-0.3, -0.25) is 14.9 Å². The molecule has 1 aromatic carbocycles. The van der Waals surface area contributed by atoms with Gasteiger partial charge in [0, 0.05) is 18.6 Å². The Hall–Kier alpha value is -2.11. The number of nitrogens with two attached hydrogens (primary N) is 1. The first-order chi connectivity index (χ1) is 11.3. The second-order valence-corrected chi connectivity index (χ2v) is 5.35. The number of amides is 1. The molecule has 1 aromatic rings. The summed E-state index contributed by atoms with van der Waals surface area (Å²) < 4.78 is 10.7. The number of hydrogen-bond donors (Lipinski definition) is 4. The van der Waals surface area contributed by atoms with Crippen molar-refractivity contribution in [1.29, 1.82) is 0 Å². The van der Waals surface area contributed by atoms with Gasteiger partial charge in [-0.1, -0.05) is 0 Å². The molecular weight excluding hydrogens is 324 g/mol. The van der Waals surface area contributed by atoms with E-state index in [1.165, 1.54) is 24.3 Å². The molecule has 1 aliphatic rings. The molecule has 1 aliphatic heterocycles. The van der Waals surface area contributed by atoms with Crippen molar-refractivity contribution < 1.29 is 34.5 Å². The third kappa shape index (κ3) is 4.04. The normalized spacial score (nSPS) is 28.3. The van der Waals surface area contributed by atoms with Gasteiger partial charge in [0.15, 0.2) is 12.4 Å². The number of aliphatic hydroxyl groups excluding tert-OH is 3. The summed E-state index contributed by atoms with van der Waals surface area (Å²) in [6.07, 6.45) is -6.03. The van der Waals surface area contributed by atoms with Crippen molar-refractivity contribution in [2.45, 2.75) is 37.1 Å². The van der Waals surface area contributed by atoms with Crippen LogP contribution in [0.3, 0.4) is 0 Å². The number of non-ortho nitro benzene ring substituents is 1. The van der Waals surface area contributed by atoms with Gasteiger partial charge in [-0.15, -0.1) is 0 Å². The summed E-state index contributed by atoms with van der Waals surface area (Å²) in [4.78, 5) is 21.7. The van der Waals surface area contributed by atoms with Crippen LogP contribution in [0.15, 0.2) is 24.3 Å². The van der Waals surface area contributed by atoms with Crippen molar-refractivity contribution in [1.82, 2.24) is 0 Å². The molecule has 1 unspecified atom stereocenters. The van der Waals surface area contributed by atoms with E-state index in [0.717, 1.165) is 0 Å². The highest BCUT2D eigenvalue weighted by Crippen LogP contribution is 2.27. The lowest BCUT2D eigenvalue weighted by Gasteiger charge is -2.37. The lowest BCUT2D eigenvalue weighted by Crippen LogP contribution is -2.51. The van der Waals surface area contributed by atoms with E-state index in [2.05, 4.69) is 0 Å². The van der Waals surface area contributed by atoms with E-state index in [1.54, 1.807) is 0 Å². The lowest BCUT2D eigenvalue weighted by molar-refractivity contribution is -0.384. The number of primary amides is 1. The van der Waals surface area contributed by atoms with Crippen LogP contribution >= 0.6 is 0 Å². The summed E-state index contributed by atoms with van der Waals surface area (Å²) in [6.45, 7) is -0.545. The van der Waals surface area contributed by atoms with E-state index in [4.69, 9.17) is 20.3 Å². The number of ether oxygens (including phenoxy) is 2. The third-order valence-corrected chi connectivity index (χ3v) is 3.67. The Kier molecular flexibility index (Phi) is 5.80. The van der Waals surface area contributed by atoms with Crippen LogP contribution in [0.5, 0.6) is 0 Å². The van der Waals surface area contributed by atoms with Crippen molar-refractivity contribution in [3.63, 3.8) is 0 Å². The van der Waals surface area contributed by atoms with Crippen LogP contribution in [-0.4, -0.2) is 57.4 Å². The molecule has 0 aliphatic carbocycles. The molecule has 132 valence electrons. The fraction of sp³-hybridized carbons (Fsp3) is 0.500. The van der Waals surface area contributed by atoms with Gasteiger partial charge in [-0.05, 0) is 17.7 Å². The molecule has 10 nitrogen and oxygen atoms in total. The first kappa shape index (κ1) is 18.2. The summed E-state index contributed by atoms with van der Waals surface area (Å²) in [5.74, 6) is -0.853. The maximum absolute atomic E-state index is 11.6. The number of aliphatic hydroxyl groups is 3. The van der Waals surface area contributed by atoms with Gasteiger partial charge in [0.25, 0.3) is 11.6 Å². The molecule has 24 heavy (non-hydrogen) atoms. The fourth-order valence-corrected chi connectivity index (χ4v) is 2.39. The highest BCUT2D eigenvalue weighted by atomic mass is 16.7. The van der Waals surface area contributed by atoms with Gasteiger partial charge < -0.3 is 30.5 Å². The van der Waals surface area contributed by atoms with Gasteiger partial charge in [0.05, 0.1) is 17.6 Å². The van der Waals surface area contributed by atoms with Crippen LogP contribution < -0.4 is 5.73 Å². The SMILES string of the molecule is NC(=O)C(O[C@H]1C[C@@H](O)[C@H](O)[C@@H](CO)O1)c1ccc([N+](=O)[O-])cc1. The average molecular weight is 342 g/mol. The molecule has 0 spiro atoms. The molecule has 1 heterocycles. The van der Waals surface area contributed by atoms with Crippen LogP contribution in [0.2, 0.25) is 0 Å². The quantitative estimate of drug-likeness (QED) is 0.376. The second-order valence-electron chi connectivity index (χ2n) is 5.35. The van der Waals surface area contributed by atoms with Gasteiger partial charge in [-0.25, -0.2) is 0 Å². The minimum Gasteiger partial charge on any atom is -0.394 e. The number of nitrogens with zero attached hydrogens (tertiary/aromatic N) is 1. The van der Waals surface area contributed by atoms with E-state index in [1.807, 2.05) is 0 Å². The largest absolute Gasteiger partial charge is 0.394 e. The lowest BCUT2D eigenvalue weighted by atomic mass is 10.0. The molecule has 0 aromatic heterocycles. The Bertz CT molecular complexity index is 593. The Labute approximate surface area is 136 Å². The summed E-state index contributed by atoms with van der Waals surface area (Å²) in [5, 5.41) is 39.2. The summed E-state index contributed by atoms with van der Waals surface area (Å²) in [5.41, 5.74) is 5.42. The third-order valence-electron chi connectivity index (χ3n) is 3.67. The van der Waals surface area contributed by atoms with Crippen molar-refractivity contribution in [2.24, 2.45) is 5.73 Å². The molecule has 1 amide bonds. The minimum absolute atomic E-state index is 0.131. The van der Waals surface area contributed by atoms with E-state index in [0.29, 0.717) is 0 Å². The molecule has 0 bridgehead atoms. The second kappa shape index (κ2) is 7.64. The number of nitro benzene ring substituents is 1. The number of carbonyl (C=O) groups excluding carboxylic acids is 1. The number of rotatable bonds is 6. The van der Waals surface area contributed by atoms with Crippen LogP contribution in [0.4, 0.5) is 5.69 Å². The molecule has 2 rings (SSSR count). The molecule has 5 atom stereocenters. The zero-order chi connectivity index (χ0) is 17.9. The molecule has 1 saturated heterocycles. The smallest absolute Gasteiger partial charge is 0.269 e. The summed E-state index contributed by atoms with van der Waals surface area (Å²) in [7, 11) is 0. The Morgan fingerprint density at radius 2 is 2.04 bits per heavy atom. The van der Waals surface area contributed by atoms with E-state index < -0.39 is 48.1 Å². The Morgan fingerprint density at radius 1 is 1.42 bits per heavy atom. The summed E-state index contributed by atoms with van der Waals surface area (Å²) >= 11 is 0. The number of carbonyl (C=O) groups is 1. The van der Waals surface area contributed by atoms with Crippen molar-refractivity contribution in [3.05, 3.63) is 39.9 Å². The van der Waals surface area contributed by atoms with Crippen LogP contribution in [-0.2, 0) is 14.3 Å². The number of nitro groups is 1. The molecular formula is C14H18N2O8. The zero-order valence-corrected chi connectivity index (χ0v) is 12.5. The first-order valence-corrected chi connectivity index (χ1v) is 7.15. The predicted molar refractivity (Wildman–Crippen MR) is 78.5 cm³/mol.